The van der Waals surface area contributed by atoms with E-state index in [2.05, 4.69) is 4.72 Å². The van der Waals surface area contributed by atoms with Crippen molar-refractivity contribution in [3.8, 4) is 0 Å². The Kier molecular flexibility index (Phi) is 3.28. The molecule has 104 valence electrons. The summed E-state index contributed by atoms with van der Waals surface area (Å²) >= 11 is 0. The van der Waals surface area contributed by atoms with Gasteiger partial charge >= 0.3 is 6.09 Å². The predicted molar refractivity (Wildman–Crippen MR) is 65.2 cm³/mol. The number of amides is 1. The topological polar surface area (TPSA) is 79.0 Å². The third kappa shape index (κ3) is 2.76. The van der Waals surface area contributed by atoms with E-state index in [4.69, 9.17) is 4.74 Å². The highest BCUT2D eigenvalue weighted by molar-refractivity contribution is 7.87. The number of ether oxygens (including phenoxy) is 1. The molecule has 18 heavy (non-hydrogen) atoms. The number of hydrogen-bond donors (Lipinski definition) is 1. The van der Waals surface area contributed by atoms with Crippen molar-refractivity contribution in [1.82, 2.24) is 13.9 Å². The zero-order valence-corrected chi connectivity index (χ0v) is 11.7. The van der Waals surface area contributed by atoms with Crippen molar-refractivity contribution in [2.45, 2.75) is 32.4 Å². The van der Waals surface area contributed by atoms with Crippen LogP contribution < -0.4 is 4.72 Å². The molecule has 8 heteroatoms. The molecule has 2 rings (SSSR count). The molecule has 2 saturated heterocycles. The average molecular weight is 277 g/mol. The molecule has 1 N–H and O–H groups in total. The van der Waals surface area contributed by atoms with Crippen LogP contribution in [0, 0.1) is 0 Å². The van der Waals surface area contributed by atoms with Crippen LogP contribution in [0.25, 0.3) is 0 Å². The van der Waals surface area contributed by atoms with Gasteiger partial charge in [-0.05, 0) is 20.8 Å². The van der Waals surface area contributed by atoms with Crippen LogP contribution >= 0.6 is 0 Å². The van der Waals surface area contributed by atoms with Gasteiger partial charge < -0.3 is 9.64 Å². The van der Waals surface area contributed by atoms with E-state index in [1.54, 1.807) is 20.8 Å². The van der Waals surface area contributed by atoms with E-state index in [1.807, 2.05) is 0 Å². The Hall–Kier alpha value is -0.860. The Balaban J connectivity index is 1.86. The Bertz CT molecular complexity index is 437. The monoisotopic (exact) mass is 277 g/mol. The fourth-order valence-corrected chi connectivity index (χ4v) is 3.35. The molecule has 0 aromatic rings. The summed E-state index contributed by atoms with van der Waals surface area (Å²) in [6.07, 6.45) is -0.386. The number of rotatable bonds is 1. The van der Waals surface area contributed by atoms with Crippen molar-refractivity contribution in [3.63, 3.8) is 0 Å². The van der Waals surface area contributed by atoms with Gasteiger partial charge in [0.05, 0.1) is 6.04 Å². The van der Waals surface area contributed by atoms with Gasteiger partial charge in [-0.1, -0.05) is 0 Å². The lowest BCUT2D eigenvalue weighted by Crippen LogP contribution is -2.62. The number of likely N-dealkylation sites (tertiary alicyclic amines) is 1. The van der Waals surface area contributed by atoms with Gasteiger partial charge in [-0.2, -0.15) is 12.7 Å². The summed E-state index contributed by atoms with van der Waals surface area (Å²) in [4.78, 5) is 13.2. The molecule has 0 saturated carbocycles. The normalized spacial score (nSPS) is 24.9. The summed E-state index contributed by atoms with van der Waals surface area (Å²) in [6.45, 7) is 7.11. The minimum atomic E-state index is -3.33. The fraction of sp³-hybridized carbons (Fsp3) is 0.900. The number of nitrogens with one attached hydrogen (secondary N) is 1. The van der Waals surface area contributed by atoms with Crippen molar-refractivity contribution >= 4 is 16.3 Å². The van der Waals surface area contributed by atoms with E-state index in [1.165, 1.54) is 9.21 Å². The van der Waals surface area contributed by atoms with Gasteiger partial charge in [-0.25, -0.2) is 9.52 Å². The second-order valence-electron chi connectivity index (χ2n) is 5.55. The summed E-state index contributed by atoms with van der Waals surface area (Å²) < 4.78 is 32.2. The molecular weight excluding hydrogens is 258 g/mol. The predicted octanol–water partition coefficient (Wildman–Crippen LogP) is -0.244. The largest absolute Gasteiger partial charge is 0.444 e. The van der Waals surface area contributed by atoms with Crippen molar-refractivity contribution in [3.05, 3.63) is 0 Å². The van der Waals surface area contributed by atoms with Gasteiger partial charge in [-0.15, -0.1) is 0 Å². The standard InChI is InChI=1S/C10H19N3O4S/c1-10(2,3)17-9(14)12-6-8(7-12)13-5-4-11-18(13,15)16/h8,11H,4-7H2,1-3H3. The van der Waals surface area contributed by atoms with E-state index >= 15 is 0 Å². The van der Waals surface area contributed by atoms with Gasteiger partial charge in [-0.3, -0.25) is 0 Å². The minimum Gasteiger partial charge on any atom is -0.444 e. The maximum atomic E-state index is 11.7. The molecule has 7 nitrogen and oxygen atoms in total. The SMILES string of the molecule is CC(C)(C)OC(=O)N1CC(N2CCNS2(=O)=O)C1. The molecule has 0 atom stereocenters. The molecular formula is C10H19N3O4S. The van der Waals surface area contributed by atoms with E-state index in [9.17, 15) is 13.2 Å². The molecule has 0 radical (unpaired) electrons. The van der Waals surface area contributed by atoms with Crippen LogP contribution in [0.4, 0.5) is 4.79 Å². The fourth-order valence-electron chi connectivity index (χ4n) is 1.98. The van der Waals surface area contributed by atoms with Gasteiger partial charge in [0.25, 0.3) is 10.2 Å². The molecule has 2 aliphatic rings. The van der Waals surface area contributed by atoms with Crippen LogP contribution in [0.15, 0.2) is 0 Å². The maximum Gasteiger partial charge on any atom is 0.410 e. The van der Waals surface area contributed by atoms with Gasteiger partial charge in [0.1, 0.15) is 5.60 Å². The number of carbonyl (C=O) groups excluding carboxylic acids is 1. The van der Waals surface area contributed by atoms with E-state index in [0.29, 0.717) is 26.2 Å². The minimum absolute atomic E-state index is 0.127. The first kappa shape index (κ1) is 13.6. The highest BCUT2D eigenvalue weighted by atomic mass is 32.2. The van der Waals surface area contributed by atoms with Crippen molar-refractivity contribution in [2.75, 3.05) is 26.2 Å². The van der Waals surface area contributed by atoms with Crippen LogP contribution in [-0.2, 0) is 14.9 Å². The summed E-state index contributed by atoms with van der Waals surface area (Å²) in [5.74, 6) is 0. The molecule has 0 aromatic carbocycles. The summed E-state index contributed by atoms with van der Waals surface area (Å²) in [6, 6.07) is -0.127. The Morgan fingerprint density at radius 3 is 2.39 bits per heavy atom. The first-order valence-corrected chi connectivity index (χ1v) is 7.37. The van der Waals surface area contributed by atoms with Crippen LogP contribution in [-0.4, -0.2) is 61.5 Å². The lowest BCUT2D eigenvalue weighted by molar-refractivity contribution is -0.00244. The van der Waals surface area contributed by atoms with Crippen LogP contribution in [0.3, 0.4) is 0 Å². The third-order valence-electron chi connectivity index (χ3n) is 2.85. The third-order valence-corrected chi connectivity index (χ3v) is 4.51. The first-order chi connectivity index (χ1) is 8.19. The van der Waals surface area contributed by atoms with Crippen molar-refractivity contribution in [1.29, 1.82) is 0 Å². The van der Waals surface area contributed by atoms with Crippen LogP contribution in [0.1, 0.15) is 20.8 Å². The molecule has 2 fully saturated rings. The zero-order chi connectivity index (χ0) is 13.6. The van der Waals surface area contributed by atoms with Crippen molar-refractivity contribution in [2.24, 2.45) is 0 Å². The molecule has 0 spiro atoms. The first-order valence-electron chi connectivity index (χ1n) is 5.93. The molecule has 0 aliphatic carbocycles. The number of nitrogens with zero attached hydrogens (tertiary/aromatic N) is 2. The number of carbonyl (C=O) groups is 1. The lowest BCUT2D eigenvalue weighted by atomic mass is 10.1. The van der Waals surface area contributed by atoms with Gasteiger partial charge in [0, 0.05) is 26.2 Å². The Labute approximate surface area is 107 Å². The summed E-state index contributed by atoms with van der Waals surface area (Å²) in [5, 5.41) is 0. The molecule has 0 bridgehead atoms. The summed E-state index contributed by atoms with van der Waals surface area (Å²) in [7, 11) is -3.33. The zero-order valence-electron chi connectivity index (χ0n) is 10.8. The quantitative estimate of drug-likeness (QED) is 0.717. The van der Waals surface area contributed by atoms with Crippen LogP contribution in [0.2, 0.25) is 0 Å². The molecule has 1 amide bonds. The molecule has 0 unspecified atom stereocenters. The van der Waals surface area contributed by atoms with E-state index < -0.39 is 15.8 Å². The second kappa shape index (κ2) is 4.36. The highest BCUT2D eigenvalue weighted by Gasteiger charge is 2.43. The van der Waals surface area contributed by atoms with E-state index in [-0.39, 0.29) is 12.1 Å². The Morgan fingerprint density at radius 1 is 1.33 bits per heavy atom. The van der Waals surface area contributed by atoms with Gasteiger partial charge in [0.2, 0.25) is 0 Å². The molecule has 2 heterocycles. The highest BCUT2D eigenvalue weighted by Crippen LogP contribution is 2.22. The number of hydrogen-bond acceptors (Lipinski definition) is 4. The van der Waals surface area contributed by atoms with E-state index in [0.717, 1.165) is 0 Å². The average Bonchev–Trinajstić information content (AvgIpc) is 2.40. The molecule has 0 aromatic heterocycles. The Morgan fingerprint density at radius 2 is 1.94 bits per heavy atom. The maximum absolute atomic E-state index is 11.7. The smallest absolute Gasteiger partial charge is 0.410 e. The van der Waals surface area contributed by atoms with Crippen molar-refractivity contribution < 1.29 is 17.9 Å². The lowest BCUT2D eigenvalue weighted by Gasteiger charge is -2.42. The van der Waals surface area contributed by atoms with Gasteiger partial charge in [0.15, 0.2) is 0 Å². The summed E-state index contributed by atoms with van der Waals surface area (Å²) in [5.41, 5.74) is -0.524. The molecule has 2 aliphatic heterocycles. The second-order valence-corrected chi connectivity index (χ2v) is 7.26. The van der Waals surface area contributed by atoms with Crippen LogP contribution in [0.5, 0.6) is 0 Å².